The van der Waals surface area contributed by atoms with E-state index in [1.165, 1.54) is 0 Å². The molecule has 0 amide bonds. The third-order valence-electron chi connectivity index (χ3n) is 3.35. The summed E-state index contributed by atoms with van der Waals surface area (Å²) in [5.41, 5.74) is 1.28. The van der Waals surface area contributed by atoms with Crippen molar-refractivity contribution in [2.24, 2.45) is 0 Å². The highest BCUT2D eigenvalue weighted by molar-refractivity contribution is 5.85. The quantitative estimate of drug-likeness (QED) is 0.862. The Bertz CT molecular complexity index is 490. The van der Waals surface area contributed by atoms with Crippen LogP contribution in [-0.4, -0.2) is 5.54 Å². The van der Waals surface area contributed by atoms with Crippen LogP contribution >= 0.6 is 12.4 Å². The second kappa shape index (κ2) is 6.78. The summed E-state index contributed by atoms with van der Waals surface area (Å²) in [6.07, 6.45) is 1.10. The molecule has 0 fully saturated rings. The second-order valence-electron chi connectivity index (χ2n) is 5.22. The Balaban J connectivity index is 0.00000180. The van der Waals surface area contributed by atoms with Crippen molar-refractivity contribution < 1.29 is 4.42 Å². The van der Waals surface area contributed by atoms with Crippen LogP contribution in [0.2, 0.25) is 0 Å². The van der Waals surface area contributed by atoms with Gasteiger partial charge in [0.2, 0.25) is 0 Å². The van der Waals surface area contributed by atoms with E-state index in [4.69, 9.17) is 4.42 Å². The molecule has 0 aliphatic heterocycles. The van der Waals surface area contributed by atoms with E-state index in [1.54, 1.807) is 0 Å². The first-order chi connectivity index (χ1) is 8.61. The van der Waals surface area contributed by atoms with Crippen molar-refractivity contribution in [1.82, 2.24) is 5.32 Å². The fourth-order valence-electron chi connectivity index (χ4n) is 1.68. The number of benzene rings is 1. The monoisotopic (exact) mass is 279 g/mol. The van der Waals surface area contributed by atoms with Gasteiger partial charge in [0.05, 0.1) is 6.54 Å². The Kier molecular flexibility index (Phi) is 5.64. The minimum atomic E-state index is 0. The van der Waals surface area contributed by atoms with Gasteiger partial charge in [0.1, 0.15) is 11.5 Å². The lowest BCUT2D eigenvalue weighted by molar-refractivity contribution is 0.353. The van der Waals surface area contributed by atoms with E-state index >= 15 is 0 Å². The summed E-state index contributed by atoms with van der Waals surface area (Å²) in [6, 6.07) is 14.3. The lowest BCUT2D eigenvalue weighted by atomic mass is 10.0. The molecule has 1 heterocycles. The van der Waals surface area contributed by atoms with Crippen LogP contribution in [-0.2, 0) is 6.54 Å². The van der Waals surface area contributed by atoms with Crippen molar-refractivity contribution in [2.45, 2.75) is 39.3 Å². The van der Waals surface area contributed by atoms with Gasteiger partial charge in [0.15, 0.2) is 0 Å². The van der Waals surface area contributed by atoms with Crippen molar-refractivity contribution in [3.05, 3.63) is 48.2 Å². The Morgan fingerprint density at radius 3 is 2.37 bits per heavy atom. The molecule has 1 aromatic carbocycles. The molecule has 104 valence electrons. The largest absolute Gasteiger partial charge is 0.460 e. The van der Waals surface area contributed by atoms with Crippen LogP contribution in [0.25, 0.3) is 11.3 Å². The summed E-state index contributed by atoms with van der Waals surface area (Å²) < 4.78 is 5.85. The van der Waals surface area contributed by atoms with Gasteiger partial charge in [0.25, 0.3) is 0 Å². The molecule has 1 N–H and O–H groups in total. The van der Waals surface area contributed by atoms with Crippen molar-refractivity contribution in [2.75, 3.05) is 0 Å². The SMILES string of the molecule is CCC(C)(C)NCc1ccc(-c2ccccc2)o1.Cl. The molecule has 19 heavy (non-hydrogen) atoms. The van der Waals surface area contributed by atoms with Crippen LogP contribution in [0.15, 0.2) is 46.9 Å². The lowest BCUT2D eigenvalue weighted by Gasteiger charge is -2.23. The number of rotatable bonds is 5. The second-order valence-corrected chi connectivity index (χ2v) is 5.22. The molecule has 3 heteroatoms. The van der Waals surface area contributed by atoms with E-state index < -0.39 is 0 Å². The van der Waals surface area contributed by atoms with Gasteiger partial charge in [-0.25, -0.2) is 0 Å². The smallest absolute Gasteiger partial charge is 0.134 e. The maximum Gasteiger partial charge on any atom is 0.134 e. The number of halogens is 1. The van der Waals surface area contributed by atoms with Crippen LogP contribution in [0.3, 0.4) is 0 Å². The molecule has 0 bridgehead atoms. The van der Waals surface area contributed by atoms with E-state index in [1.807, 2.05) is 30.3 Å². The maximum absolute atomic E-state index is 5.85. The standard InChI is InChI=1S/C16H21NO.ClH/c1-4-16(2,3)17-12-14-10-11-15(18-14)13-8-6-5-7-9-13;/h5-11,17H,4,12H2,1-3H3;1H. The average Bonchev–Trinajstić information content (AvgIpc) is 2.86. The molecule has 0 saturated carbocycles. The summed E-state index contributed by atoms with van der Waals surface area (Å²) in [5.74, 6) is 1.91. The highest BCUT2D eigenvalue weighted by Gasteiger charge is 2.14. The van der Waals surface area contributed by atoms with Crippen LogP contribution in [0.4, 0.5) is 0 Å². The lowest BCUT2D eigenvalue weighted by Crippen LogP contribution is -2.37. The number of nitrogens with one attached hydrogen (secondary N) is 1. The predicted octanol–water partition coefficient (Wildman–Crippen LogP) is 4.65. The predicted molar refractivity (Wildman–Crippen MR) is 82.6 cm³/mol. The normalized spacial score (nSPS) is 11.1. The first-order valence-corrected chi connectivity index (χ1v) is 6.50. The molecule has 0 spiro atoms. The zero-order chi connectivity index (χ0) is 13.0. The Morgan fingerprint density at radius 1 is 1.05 bits per heavy atom. The average molecular weight is 280 g/mol. The first kappa shape index (κ1) is 15.8. The van der Waals surface area contributed by atoms with Crippen molar-refractivity contribution in [1.29, 1.82) is 0 Å². The zero-order valence-electron chi connectivity index (χ0n) is 11.8. The van der Waals surface area contributed by atoms with Crippen LogP contribution in [0.1, 0.15) is 33.0 Å². The van der Waals surface area contributed by atoms with Gasteiger partial charge in [-0.1, -0.05) is 37.3 Å². The Labute approximate surface area is 121 Å². The third kappa shape index (κ3) is 4.41. The van der Waals surface area contributed by atoms with Gasteiger partial charge in [-0.15, -0.1) is 12.4 Å². The molecule has 2 aromatic rings. The highest BCUT2D eigenvalue weighted by atomic mass is 35.5. The molecular weight excluding hydrogens is 258 g/mol. The summed E-state index contributed by atoms with van der Waals surface area (Å²) in [7, 11) is 0. The molecule has 0 unspecified atom stereocenters. The molecular formula is C16H22ClNO. The molecule has 0 saturated heterocycles. The molecule has 2 rings (SSSR count). The Morgan fingerprint density at radius 2 is 1.74 bits per heavy atom. The minimum Gasteiger partial charge on any atom is -0.460 e. The van der Waals surface area contributed by atoms with Crippen molar-refractivity contribution in [3.63, 3.8) is 0 Å². The summed E-state index contributed by atoms with van der Waals surface area (Å²) in [4.78, 5) is 0. The molecule has 0 aliphatic carbocycles. The number of hydrogen-bond acceptors (Lipinski definition) is 2. The molecule has 0 atom stereocenters. The van der Waals surface area contributed by atoms with Crippen LogP contribution < -0.4 is 5.32 Å². The van der Waals surface area contributed by atoms with Gasteiger partial charge < -0.3 is 9.73 Å². The third-order valence-corrected chi connectivity index (χ3v) is 3.35. The Hall–Kier alpha value is -1.25. The summed E-state index contributed by atoms with van der Waals surface area (Å²) >= 11 is 0. The zero-order valence-corrected chi connectivity index (χ0v) is 12.6. The first-order valence-electron chi connectivity index (χ1n) is 6.50. The molecule has 1 aromatic heterocycles. The van der Waals surface area contributed by atoms with Gasteiger partial charge in [0, 0.05) is 11.1 Å². The van der Waals surface area contributed by atoms with E-state index in [-0.39, 0.29) is 17.9 Å². The van der Waals surface area contributed by atoms with Gasteiger partial charge in [-0.05, 0) is 32.4 Å². The summed E-state index contributed by atoms with van der Waals surface area (Å²) in [5, 5.41) is 3.50. The highest BCUT2D eigenvalue weighted by Crippen LogP contribution is 2.22. The molecule has 2 nitrogen and oxygen atoms in total. The van der Waals surface area contributed by atoms with Crippen LogP contribution in [0.5, 0.6) is 0 Å². The minimum absolute atomic E-state index is 0. The summed E-state index contributed by atoms with van der Waals surface area (Å²) in [6.45, 7) is 7.36. The van der Waals surface area contributed by atoms with E-state index in [0.717, 1.165) is 30.0 Å². The van der Waals surface area contributed by atoms with E-state index in [0.29, 0.717) is 0 Å². The van der Waals surface area contributed by atoms with E-state index in [2.05, 4.69) is 38.2 Å². The maximum atomic E-state index is 5.85. The van der Waals surface area contributed by atoms with E-state index in [9.17, 15) is 0 Å². The van der Waals surface area contributed by atoms with Crippen molar-refractivity contribution in [3.8, 4) is 11.3 Å². The number of furan rings is 1. The van der Waals surface area contributed by atoms with Gasteiger partial charge in [-0.3, -0.25) is 0 Å². The fourth-order valence-corrected chi connectivity index (χ4v) is 1.68. The number of hydrogen-bond donors (Lipinski definition) is 1. The molecule has 0 radical (unpaired) electrons. The topological polar surface area (TPSA) is 25.2 Å². The van der Waals surface area contributed by atoms with Gasteiger partial charge >= 0.3 is 0 Å². The van der Waals surface area contributed by atoms with Crippen molar-refractivity contribution >= 4 is 12.4 Å². The van der Waals surface area contributed by atoms with Crippen LogP contribution in [0, 0.1) is 0 Å². The fraction of sp³-hybridized carbons (Fsp3) is 0.375. The molecule has 0 aliphatic rings. The van der Waals surface area contributed by atoms with Gasteiger partial charge in [-0.2, -0.15) is 0 Å².